The zero-order valence-corrected chi connectivity index (χ0v) is 20.6. The molecule has 4 rings (SSSR count). The van der Waals surface area contributed by atoms with E-state index in [1.54, 1.807) is 43.1 Å². The second-order valence-electron chi connectivity index (χ2n) is 8.85. The van der Waals surface area contributed by atoms with Crippen LogP contribution in [-0.2, 0) is 20.9 Å². The lowest BCUT2D eigenvalue weighted by Crippen LogP contribution is -2.53. The van der Waals surface area contributed by atoms with Crippen LogP contribution in [0.1, 0.15) is 48.5 Å². The van der Waals surface area contributed by atoms with Crippen LogP contribution in [0.25, 0.3) is 0 Å². The van der Waals surface area contributed by atoms with Crippen molar-refractivity contribution in [2.75, 3.05) is 19.0 Å². The number of nitrogens with one attached hydrogen (secondary N) is 2. The molecule has 186 valence electrons. The van der Waals surface area contributed by atoms with Gasteiger partial charge in [0, 0.05) is 30.7 Å². The van der Waals surface area contributed by atoms with Gasteiger partial charge >= 0.3 is 0 Å². The molecule has 0 bridgehead atoms. The minimum atomic E-state index is -0.355. The summed E-state index contributed by atoms with van der Waals surface area (Å²) in [6.07, 6.45) is 1.30. The highest BCUT2D eigenvalue weighted by molar-refractivity contribution is 6.31. The van der Waals surface area contributed by atoms with Crippen molar-refractivity contribution in [3.63, 3.8) is 0 Å². The van der Waals surface area contributed by atoms with Crippen LogP contribution < -0.4 is 15.4 Å². The zero-order chi connectivity index (χ0) is 24.9. The number of rotatable bonds is 6. The van der Waals surface area contributed by atoms with Gasteiger partial charge < -0.3 is 25.0 Å². The van der Waals surface area contributed by atoms with Gasteiger partial charge in [0.1, 0.15) is 18.5 Å². The second-order valence-corrected chi connectivity index (χ2v) is 9.26. The Morgan fingerprint density at radius 1 is 1.14 bits per heavy atom. The molecule has 35 heavy (non-hydrogen) atoms. The predicted molar refractivity (Wildman–Crippen MR) is 133 cm³/mol. The van der Waals surface area contributed by atoms with Crippen molar-refractivity contribution in [1.29, 1.82) is 0 Å². The molecule has 2 aromatic rings. The molecular formula is C26H30ClN3O5. The first kappa shape index (κ1) is 25.0. The molecule has 0 aliphatic carbocycles. The van der Waals surface area contributed by atoms with Crippen LogP contribution in [0.15, 0.2) is 42.5 Å². The van der Waals surface area contributed by atoms with E-state index in [0.29, 0.717) is 47.8 Å². The second kappa shape index (κ2) is 11.1. The molecule has 2 aromatic carbocycles. The first-order valence-corrected chi connectivity index (χ1v) is 12.2. The van der Waals surface area contributed by atoms with Crippen LogP contribution in [0, 0.1) is 0 Å². The highest BCUT2D eigenvalue weighted by Crippen LogP contribution is 2.32. The number of benzene rings is 2. The van der Waals surface area contributed by atoms with E-state index in [9.17, 15) is 14.4 Å². The molecule has 8 nitrogen and oxygen atoms in total. The number of halogens is 1. The fourth-order valence-electron chi connectivity index (χ4n) is 4.47. The lowest BCUT2D eigenvalue weighted by molar-refractivity contribution is -0.134. The first-order valence-electron chi connectivity index (χ1n) is 11.8. The van der Waals surface area contributed by atoms with Crippen molar-refractivity contribution in [1.82, 2.24) is 10.2 Å². The number of hydrogen-bond donors (Lipinski definition) is 2. The van der Waals surface area contributed by atoms with Gasteiger partial charge in [0.25, 0.3) is 5.91 Å². The highest BCUT2D eigenvalue weighted by atomic mass is 35.5. The summed E-state index contributed by atoms with van der Waals surface area (Å²) < 4.78 is 12.2. The van der Waals surface area contributed by atoms with E-state index < -0.39 is 0 Å². The molecule has 0 aromatic heterocycles. The summed E-state index contributed by atoms with van der Waals surface area (Å²) >= 11 is 6.16. The van der Waals surface area contributed by atoms with Crippen LogP contribution in [0.4, 0.5) is 5.69 Å². The summed E-state index contributed by atoms with van der Waals surface area (Å²) in [4.78, 5) is 39.2. The molecule has 2 N–H and O–H groups in total. The molecule has 3 atom stereocenters. The number of likely N-dealkylation sites (N-methyl/N-ethyl adjacent to an activating group) is 1. The Morgan fingerprint density at radius 3 is 2.71 bits per heavy atom. The summed E-state index contributed by atoms with van der Waals surface area (Å²) in [7, 11) is 1.76. The van der Waals surface area contributed by atoms with E-state index in [1.807, 2.05) is 18.2 Å². The molecule has 1 saturated heterocycles. The van der Waals surface area contributed by atoms with Gasteiger partial charge in [-0.25, -0.2) is 0 Å². The third kappa shape index (κ3) is 5.94. The summed E-state index contributed by atoms with van der Waals surface area (Å²) in [5.41, 5.74) is 1.82. The van der Waals surface area contributed by atoms with Gasteiger partial charge in [-0.2, -0.15) is 0 Å². The predicted octanol–water partition coefficient (Wildman–Crippen LogP) is 3.78. The Kier molecular flexibility index (Phi) is 7.93. The number of carbonyl (C=O) groups is 3. The number of ether oxygens (including phenoxy) is 2. The summed E-state index contributed by atoms with van der Waals surface area (Å²) in [6.45, 7) is 2.38. The van der Waals surface area contributed by atoms with Crippen molar-refractivity contribution < 1.29 is 23.9 Å². The zero-order valence-electron chi connectivity index (χ0n) is 19.9. The molecule has 3 amide bonds. The summed E-state index contributed by atoms with van der Waals surface area (Å²) in [5, 5.41) is 6.30. The van der Waals surface area contributed by atoms with Crippen molar-refractivity contribution >= 4 is 35.0 Å². The maximum absolute atomic E-state index is 13.3. The maximum Gasteiger partial charge on any atom is 0.257 e. The third-order valence-electron chi connectivity index (χ3n) is 6.46. The van der Waals surface area contributed by atoms with Gasteiger partial charge in [0.15, 0.2) is 0 Å². The van der Waals surface area contributed by atoms with E-state index >= 15 is 0 Å². The van der Waals surface area contributed by atoms with Gasteiger partial charge in [0.05, 0.1) is 24.1 Å². The van der Waals surface area contributed by atoms with Crippen molar-refractivity contribution in [2.45, 2.75) is 57.4 Å². The summed E-state index contributed by atoms with van der Waals surface area (Å²) in [6, 6.07) is 12.3. The molecule has 2 heterocycles. The minimum Gasteiger partial charge on any atom is -0.490 e. The van der Waals surface area contributed by atoms with Crippen LogP contribution >= 0.6 is 11.6 Å². The first-order chi connectivity index (χ1) is 16.9. The third-order valence-corrected chi connectivity index (χ3v) is 6.83. The van der Waals surface area contributed by atoms with Crippen molar-refractivity contribution in [3.05, 3.63) is 58.6 Å². The number of carbonyl (C=O) groups excluding carboxylic acids is 3. The number of amides is 3. The normalized spacial score (nSPS) is 21.6. The molecule has 2 aliphatic heterocycles. The highest BCUT2D eigenvalue weighted by Gasteiger charge is 2.39. The van der Waals surface area contributed by atoms with Crippen LogP contribution in [0.2, 0.25) is 5.02 Å². The lowest BCUT2D eigenvalue weighted by Gasteiger charge is -2.42. The van der Waals surface area contributed by atoms with E-state index in [2.05, 4.69) is 10.6 Å². The molecule has 2 aliphatic rings. The minimum absolute atomic E-state index is 0.114. The molecule has 9 heteroatoms. The smallest absolute Gasteiger partial charge is 0.257 e. The fraction of sp³-hybridized carbons (Fsp3) is 0.423. The quantitative estimate of drug-likeness (QED) is 0.630. The fourth-order valence-corrected chi connectivity index (χ4v) is 4.67. The SMILES string of the molecule is CCC(=O)Nc1ccc2c(c1)C(=O)N(C)[C@@H]1CC[C@H](CC(=O)NCc3ccccc3Cl)O[C@H]1CO2. The number of nitrogens with zero attached hydrogens (tertiary/aromatic N) is 1. The molecule has 0 saturated carbocycles. The topological polar surface area (TPSA) is 97.0 Å². The van der Waals surface area contributed by atoms with Gasteiger partial charge in [-0.05, 0) is 42.7 Å². The van der Waals surface area contributed by atoms with Gasteiger partial charge in [-0.1, -0.05) is 36.7 Å². The molecule has 1 fully saturated rings. The van der Waals surface area contributed by atoms with E-state index in [-0.39, 0.29) is 49.0 Å². The molecule has 0 radical (unpaired) electrons. The Morgan fingerprint density at radius 2 is 1.94 bits per heavy atom. The Bertz CT molecular complexity index is 1110. The average Bonchev–Trinajstić information content (AvgIpc) is 2.86. The largest absolute Gasteiger partial charge is 0.490 e. The monoisotopic (exact) mass is 499 g/mol. The van der Waals surface area contributed by atoms with E-state index in [4.69, 9.17) is 21.1 Å². The van der Waals surface area contributed by atoms with E-state index in [1.165, 1.54) is 0 Å². The Hall–Kier alpha value is -3.10. The number of anilines is 1. The Labute approximate surface area is 209 Å². The Balaban J connectivity index is 1.39. The molecular weight excluding hydrogens is 470 g/mol. The lowest BCUT2D eigenvalue weighted by atomic mass is 9.94. The maximum atomic E-state index is 13.3. The standard InChI is InChI=1S/C26H30ClN3O5/c1-3-24(31)29-17-8-11-22-19(12-17)26(33)30(2)21-10-9-18(35-23(21)15-34-22)13-25(32)28-14-16-6-4-5-7-20(16)27/h4-8,11-12,18,21,23H,3,9-10,13-15H2,1-2H3,(H,28,32)(H,29,31)/t18-,21-,23+/m1/s1. The average molecular weight is 500 g/mol. The number of fused-ring (bicyclic) bond motifs is 2. The molecule has 0 unspecified atom stereocenters. The van der Waals surface area contributed by atoms with Gasteiger partial charge in [0.2, 0.25) is 11.8 Å². The van der Waals surface area contributed by atoms with E-state index in [0.717, 1.165) is 5.56 Å². The van der Waals surface area contributed by atoms with Crippen molar-refractivity contribution in [2.24, 2.45) is 0 Å². The summed E-state index contributed by atoms with van der Waals surface area (Å²) in [5.74, 6) is 0.0107. The van der Waals surface area contributed by atoms with Crippen LogP contribution in [-0.4, -0.2) is 54.5 Å². The van der Waals surface area contributed by atoms with Gasteiger partial charge in [-0.15, -0.1) is 0 Å². The number of hydrogen-bond acceptors (Lipinski definition) is 5. The van der Waals surface area contributed by atoms with Gasteiger partial charge in [-0.3, -0.25) is 14.4 Å². The van der Waals surface area contributed by atoms with Crippen LogP contribution in [0.3, 0.4) is 0 Å². The van der Waals surface area contributed by atoms with Crippen LogP contribution in [0.5, 0.6) is 5.75 Å². The van der Waals surface area contributed by atoms with Crippen molar-refractivity contribution in [3.8, 4) is 5.75 Å². The molecule has 0 spiro atoms.